The van der Waals surface area contributed by atoms with Gasteiger partial charge in [0.1, 0.15) is 10.8 Å². The molecule has 6 heteroatoms. The van der Waals surface area contributed by atoms with E-state index in [1.54, 1.807) is 0 Å². The maximum absolute atomic E-state index is 12.1. The van der Waals surface area contributed by atoms with E-state index >= 15 is 0 Å². The van der Waals surface area contributed by atoms with Gasteiger partial charge in [0.05, 0.1) is 25.7 Å². The van der Waals surface area contributed by atoms with Crippen LogP contribution in [0.15, 0.2) is 24.3 Å². The van der Waals surface area contributed by atoms with Crippen LogP contribution in [0.1, 0.15) is 32.8 Å². The van der Waals surface area contributed by atoms with Crippen molar-refractivity contribution in [1.29, 1.82) is 0 Å². The van der Waals surface area contributed by atoms with Crippen molar-refractivity contribution in [3.63, 3.8) is 0 Å². The van der Waals surface area contributed by atoms with Crippen LogP contribution < -0.4 is 10.1 Å². The molecule has 0 saturated carbocycles. The third-order valence-electron chi connectivity index (χ3n) is 3.65. The second kappa shape index (κ2) is 7.97. The fourth-order valence-corrected chi connectivity index (χ4v) is 3.21. The Balaban J connectivity index is 1.94. The van der Waals surface area contributed by atoms with Gasteiger partial charge in [-0.15, -0.1) is 11.3 Å². The van der Waals surface area contributed by atoms with Crippen molar-refractivity contribution in [3.05, 3.63) is 45.8 Å². The molecule has 0 fully saturated rings. The first-order valence-electron chi connectivity index (χ1n) is 7.60. The Morgan fingerprint density at radius 3 is 2.42 bits per heavy atom. The minimum absolute atomic E-state index is 0.199. The molecule has 0 radical (unpaired) electrons. The lowest BCUT2D eigenvalue weighted by Crippen LogP contribution is -2.16. The van der Waals surface area contributed by atoms with Crippen LogP contribution in [0.2, 0.25) is 0 Å². The zero-order valence-electron chi connectivity index (χ0n) is 14.3. The maximum Gasteiger partial charge on any atom is 0.341 e. The number of carbonyl (C=O) groups excluding carboxylic acids is 2. The molecule has 0 spiro atoms. The van der Waals surface area contributed by atoms with Gasteiger partial charge >= 0.3 is 5.97 Å². The van der Waals surface area contributed by atoms with E-state index in [-0.39, 0.29) is 18.9 Å². The monoisotopic (exact) mass is 347 g/mol. The van der Waals surface area contributed by atoms with Gasteiger partial charge in [-0.05, 0) is 38.5 Å². The Kier molecular flexibility index (Phi) is 5.98. The van der Waals surface area contributed by atoms with Gasteiger partial charge in [0.2, 0.25) is 5.91 Å². The number of thiophene rings is 1. The van der Waals surface area contributed by atoms with E-state index in [1.807, 2.05) is 45.0 Å². The Bertz CT molecular complexity index is 734. The van der Waals surface area contributed by atoms with Crippen molar-refractivity contribution in [1.82, 2.24) is 0 Å². The summed E-state index contributed by atoms with van der Waals surface area (Å²) in [6.45, 7) is 6.02. The molecule has 0 aliphatic rings. The number of carbonyl (C=O) groups is 2. The summed E-state index contributed by atoms with van der Waals surface area (Å²) in [6, 6.07) is 7.65. The second-order valence-electron chi connectivity index (χ2n) is 5.44. The molecular formula is C18H21NO4S. The fourth-order valence-electron chi connectivity index (χ4n) is 2.15. The van der Waals surface area contributed by atoms with Crippen molar-refractivity contribution in [3.8, 4) is 5.75 Å². The average Bonchev–Trinajstić information content (AvgIpc) is 2.83. The zero-order valence-corrected chi connectivity index (χ0v) is 15.1. The number of hydrogen-bond donors (Lipinski definition) is 1. The molecule has 2 aromatic rings. The predicted molar refractivity (Wildman–Crippen MR) is 95.1 cm³/mol. The molecule has 0 unspecified atom stereocenters. The summed E-state index contributed by atoms with van der Waals surface area (Å²) < 4.78 is 10.3. The molecule has 2 rings (SSSR count). The smallest absolute Gasteiger partial charge is 0.341 e. The lowest BCUT2D eigenvalue weighted by atomic mass is 10.1. The molecule has 1 aromatic carbocycles. The maximum atomic E-state index is 12.1. The van der Waals surface area contributed by atoms with Crippen LogP contribution in [-0.2, 0) is 9.53 Å². The quantitative estimate of drug-likeness (QED) is 0.806. The summed E-state index contributed by atoms with van der Waals surface area (Å²) in [6.07, 6.45) is 0.199. The Morgan fingerprint density at radius 1 is 1.12 bits per heavy atom. The van der Waals surface area contributed by atoms with Crippen molar-refractivity contribution >= 4 is 28.2 Å². The van der Waals surface area contributed by atoms with Crippen LogP contribution >= 0.6 is 11.3 Å². The number of benzene rings is 1. The highest BCUT2D eigenvalue weighted by Gasteiger charge is 2.21. The number of amides is 1. The van der Waals surface area contributed by atoms with Crippen LogP contribution in [0.4, 0.5) is 5.00 Å². The third-order valence-corrected chi connectivity index (χ3v) is 4.77. The van der Waals surface area contributed by atoms with Crippen molar-refractivity contribution in [2.24, 2.45) is 0 Å². The van der Waals surface area contributed by atoms with Gasteiger partial charge in [0, 0.05) is 4.88 Å². The average molecular weight is 347 g/mol. The molecule has 128 valence electrons. The molecule has 0 aliphatic carbocycles. The summed E-state index contributed by atoms with van der Waals surface area (Å²) in [7, 11) is 1.33. The van der Waals surface area contributed by atoms with Gasteiger partial charge in [-0.2, -0.15) is 0 Å². The molecule has 1 N–H and O–H groups in total. The number of hydrogen-bond acceptors (Lipinski definition) is 5. The number of rotatable bonds is 6. The number of ether oxygens (including phenoxy) is 2. The molecule has 1 amide bonds. The second-order valence-corrected chi connectivity index (χ2v) is 6.66. The van der Waals surface area contributed by atoms with Gasteiger partial charge in [0.15, 0.2) is 0 Å². The van der Waals surface area contributed by atoms with E-state index in [4.69, 9.17) is 9.47 Å². The van der Waals surface area contributed by atoms with Crippen LogP contribution in [0, 0.1) is 20.8 Å². The minimum atomic E-state index is -0.442. The minimum Gasteiger partial charge on any atom is -0.493 e. The van der Waals surface area contributed by atoms with Crippen LogP contribution in [-0.4, -0.2) is 25.6 Å². The first kappa shape index (κ1) is 18.0. The summed E-state index contributed by atoms with van der Waals surface area (Å²) in [4.78, 5) is 25.0. The zero-order chi connectivity index (χ0) is 17.7. The van der Waals surface area contributed by atoms with E-state index in [0.29, 0.717) is 10.6 Å². The summed E-state index contributed by atoms with van der Waals surface area (Å²) in [5.41, 5.74) is 2.41. The largest absolute Gasteiger partial charge is 0.493 e. The van der Waals surface area contributed by atoms with E-state index in [2.05, 4.69) is 5.32 Å². The first-order chi connectivity index (χ1) is 11.4. The molecule has 5 nitrogen and oxygen atoms in total. The number of methoxy groups -OCH3 is 1. The standard InChI is InChI=1S/C18H21NO4S/c1-11-5-7-14(8-6-11)23-10-9-15(20)19-17-16(18(21)22-4)12(2)13(3)24-17/h5-8H,9-10H2,1-4H3,(H,19,20). The molecular weight excluding hydrogens is 326 g/mol. The number of aryl methyl sites for hydroxylation is 2. The van der Waals surface area contributed by atoms with Crippen molar-refractivity contribution in [2.75, 3.05) is 19.0 Å². The molecule has 24 heavy (non-hydrogen) atoms. The number of anilines is 1. The van der Waals surface area contributed by atoms with Gasteiger partial charge in [-0.25, -0.2) is 4.79 Å². The first-order valence-corrected chi connectivity index (χ1v) is 8.41. The van der Waals surface area contributed by atoms with Crippen LogP contribution in [0.25, 0.3) is 0 Å². The highest BCUT2D eigenvalue weighted by Crippen LogP contribution is 2.33. The molecule has 0 atom stereocenters. The normalized spacial score (nSPS) is 10.3. The lowest BCUT2D eigenvalue weighted by Gasteiger charge is -2.08. The Hall–Kier alpha value is -2.34. The molecule has 0 bridgehead atoms. The van der Waals surface area contributed by atoms with Crippen molar-refractivity contribution in [2.45, 2.75) is 27.2 Å². The van der Waals surface area contributed by atoms with Gasteiger partial charge in [-0.1, -0.05) is 17.7 Å². The van der Waals surface area contributed by atoms with Crippen molar-refractivity contribution < 1.29 is 19.1 Å². The molecule has 1 aromatic heterocycles. The lowest BCUT2D eigenvalue weighted by molar-refractivity contribution is -0.116. The van der Waals surface area contributed by atoms with E-state index in [9.17, 15) is 9.59 Å². The van der Waals surface area contributed by atoms with Crippen LogP contribution in [0.5, 0.6) is 5.75 Å². The predicted octanol–water partition coefficient (Wildman–Crippen LogP) is 3.87. The van der Waals surface area contributed by atoms with E-state index in [0.717, 1.165) is 21.8 Å². The highest BCUT2D eigenvalue weighted by atomic mass is 32.1. The summed E-state index contributed by atoms with van der Waals surface area (Å²) in [5.74, 6) is 0.0861. The highest BCUT2D eigenvalue weighted by molar-refractivity contribution is 7.16. The number of nitrogens with one attached hydrogen (secondary N) is 1. The molecule has 0 saturated heterocycles. The summed E-state index contributed by atoms with van der Waals surface area (Å²) >= 11 is 1.37. The summed E-state index contributed by atoms with van der Waals surface area (Å²) in [5, 5.41) is 3.31. The Labute approximate surface area is 145 Å². The SMILES string of the molecule is COC(=O)c1c(NC(=O)CCOc2ccc(C)cc2)sc(C)c1C. The van der Waals surface area contributed by atoms with Gasteiger partial charge in [-0.3, -0.25) is 4.79 Å². The molecule has 1 heterocycles. The third kappa shape index (κ3) is 4.35. The fraction of sp³-hybridized carbons (Fsp3) is 0.333. The Morgan fingerprint density at radius 2 is 1.79 bits per heavy atom. The van der Waals surface area contributed by atoms with E-state index in [1.165, 1.54) is 18.4 Å². The molecule has 0 aliphatic heterocycles. The van der Waals surface area contributed by atoms with E-state index < -0.39 is 5.97 Å². The number of esters is 1. The van der Waals surface area contributed by atoms with Gasteiger partial charge < -0.3 is 14.8 Å². The van der Waals surface area contributed by atoms with Gasteiger partial charge in [0.25, 0.3) is 0 Å². The van der Waals surface area contributed by atoms with Crippen LogP contribution in [0.3, 0.4) is 0 Å². The topological polar surface area (TPSA) is 64.6 Å².